The van der Waals surface area contributed by atoms with E-state index in [2.05, 4.69) is 248 Å². The molecule has 0 fully saturated rings. The van der Waals surface area contributed by atoms with Crippen LogP contribution in [0.1, 0.15) is 0 Å². The Morgan fingerprint density at radius 2 is 0.742 bits per heavy atom. The topological polar surface area (TPSA) is 16.4 Å². The molecule has 2 nitrogen and oxygen atoms in total. The molecule has 308 valence electrons. The van der Waals surface area contributed by atoms with Crippen molar-refractivity contribution in [2.24, 2.45) is 0 Å². The molecular formula is C64H41NO. The summed E-state index contributed by atoms with van der Waals surface area (Å²) in [5.74, 6) is 0. The summed E-state index contributed by atoms with van der Waals surface area (Å²) in [6.07, 6.45) is 0. The average Bonchev–Trinajstić information content (AvgIpc) is 3.78. The summed E-state index contributed by atoms with van der Waals surface area (Å²) in [5, 5.41) is 12.2. The van der Waals surface area contributed by atoms with Gasteiger partial charge in [0, 0.05) is 16.8 Å². The lowest BCUT2D eigenvalue weighted by Crippen LogP contribution is -2.10. The Hall–Kier alpha value is -8.72. The van der Waals surface area contributed by atoms with Crippen LogP contribution >= 0.6 is 0 Å². The molecule has 1 heterocycles. The molecule has 0 amide bonds. The van der Waals surface area contributed by atoms with E-state index in [0.717, 1.165) is 44.6 Å². The van der Waals surface area contributed by atoms with Gasteiger partial charge in [0.25, 0.3) is 0 Å². The third-order valence-electron chi connectivity index (χ3n) is 13.4. The summed E-state index contributed by atoms with van der Waals surface area (Å²) in [6.45, 7) is 0. The Kier molecular flexibility index (Phi) is 8.89. The normalized spacial score (nSPS) is 11.6. The van der Waals surface area contributed by atoms with Crippen molar-refractivity contribution in [3.63, 3.8) is 0 Å². The third kappa shape index (κ3) is 6.26. The monoisotopic (exact) mass is 839 g/mol. The summed E-state index contributed by atoms with van der Waals surface area (Å²) in [4.78, 5) is 2.37. The average molecular weight is 840 g/mol. The van der Waals surface area contributed by atoms with Crippen LogP contribution in [0.25, 0.3) is 110 Å². The second-order valence-corrected chi connectivity index (χ2v) is 17.2. The summed E-state index contributed by atoms with van der Waals surface area (Å²) in [7, 11) is 0. The third-order valence-corrected chi connectivity index (χ3v) is 13.4. The molecule has 0 saturated heterocycles. The van der Waals surface area contributed by atoms with E-state index in [0.29, 0.717) is 0 Å². The van der Waals surface area contributed by atoms with Crippen LogP contribution in [-0.4, -0.2) is 0 Å². The van der Waals surface area contributed by atoms with E-state index >= 15 is 0 Å². The smallest absolute Gasteiger partial charge is 0.137 e. The van der Waals surface area contributed by atoms with E-state index in [1.807, 2.05) is 6.07 Å². The van der Waals surface area contributed by atoms with E-state index in [1.54, 1.807) is 0 Å². The zero-order valence-electron chi connectivity index (χ0n) is 36.0. The Labute approximate surface area is 382 Å². The van der Waals surface area contributed by atoms with Gasteiger partial charge in [0.1, 0.15) is 11.2 Å². The van der Waals surface area contributed by atoms with E-state index in [4.69, 9.17) is 4.42 Å². The van der Waals surface area contributed by atoms with Crippen LogP contribution in [0.2, 0.25) is 0 Å². The molecule has 13 aromatic rings. The standard InChI is InChI=1S/C64H41NO/c1-3-15-45(16-4-1)62-56-21-10-9-20-54(56)55-39-33-48(41-58(55)63(62)46-17-5-2-6-18-46)43-30-36-51(37-31-43)65(59-23-13-25-61-64(59)57-22-11-12-24-60(57)66-61)50-34-28-42(29-35-50)47-32-38-53-49(40-47)27-26-44-14-7-8-19-52(44)53/h1-41H. The summed E-state index contributed by atoms with van der Waals surface area (Å²) >= 11 is 0. The van der Waals surface area contributed by atoms with Crippen LogP contribution in [0.4, 0.5) is 17.1 Å². The largest absolute Gasteiger partial charge is 0.456 e. The first-order chi connectivity index (χ1) is 32.7. The molecule has 0 saturated carbocycles. The number of rotatable bonds is 7. The lowest BCUT2D eigenvalue weighted by molar-refractivity contribution is 0.669. The molecule has 0 atom stereocenters. The minimum atomic E-state index is 0.864. The van der Waals surface area contributed by atoms with Gasteiger partial charge in [0.05, 0.1) is 11.1 Å². The highest BCUT2D eigenvalue weighted by Gasteiger charge is 2.21. The molecule has 2 heteroatoms. The highest BCUT2D eigenvalue weighted by Crippen LogP contribution is 2.47. The molecule has 0 N–H and O–H groups in total. The number of benzene rings is 12. The summed E-state index contributed by atoms with van der Waals surface area (Å²) in [5.41, 5.74) is 14.5. The fourth-order valence-electron chi connectivity index (χ4n) is 10.3. The van der Waals surface area contributed by atoms with Gasteiger partial charge in [-0.05, 0) is 142 Å². The molecule has 13 rings (SSSR count). The first kappa shape index (κ1) is 37.8. The number of hydrogen-bond acceptors (Lipinski definition) is 2. The van der Waals surface area contributed by atoms with Crippen molar-refractivity contribution < 1.29 is 4.42 Å². The molecule has 0 bridgehead atoms. The number of furan rings is 1. The van der Waals surface area contributed by atoms with Crippen molar-refractivity contribution in [2.45, 2.75) is 0 Å². The van der Waals surface area contributed by atoms with Crippen molar-refractivity contribution in [1.29, 1.82) is 0 Å². The maximum Gasteiger partial charge on any atom is 0.137 e. The van der Waals surface area contributed by atoms with Gasteiger partial charge in [-0.1, -0.05) is 194 Å². The molecule has 0 aliphatic rings. The van der Waals surface area contributed by atoms with Crippen molar-refractivity contribution in [2.75, 3.05) is 4.90 Å². The highest BCUT2D eigenvalue weighted by atomic mass is 16.3. The number of fused-ring (bicyclic) bond motifs is 9. The molecule has 0 unspecified atom stereocenters. The molecule has 0 aliphatic heterocycles. The lowest BCUT2D eigenvalue weighted by atomic mass is 9.84. The van der Waals surface area contributed by atoms with Crippen LogP contribution in [-0.2, 0) is 0 Å². The van der Waals surface area contributed by atoms with Gasteiger partial charge in [0.2, 0.25) is 0 Å². The zero-order chi connectivity index (χ0) is 43.6. The maximum absolute atomic E-state index is 6.44. The van der Waals surface area contributed by atoms with Crippen molar-refractivity contribution in [3.05, 3.63) is 249 Å². The minimum Gasteiger partial charge on any atom is -0.456 e. The van der Waals surface area contributed by atoms with Crippen LogP contribution < -0.4 is 4.90 Å². The SMILES string of the molecule is c1ccc(-c2c(-c3ccccc3)c3cc(-c4ccc(N(c5ccc(-c6ccc7c(ccc8ccccc87)c6)cc5)c5cccc6oc7ccccc7c56)cc4)ccc3c3ccccc23)cc1. The molecule has 0 aliphatic carbocycles. The van der Waals surface area contributed by atoms with Gasteiger partial charge in [0.15, 0.2) is 0 Å². The van der Waals surface area contributed by atoms with Gasteiger partial charge >= 0.3 is 0 Å². The van der Waals surface area contributed by atoms with Gasteiger partial charge in [-0.15, -0.1) is 0 Å². The number of anilines is 3. The van der Waals surface area contributed by atoms with Gasteiger partial charge in [-0.2, -0.15) is 0 Å². The highest BCUT2D eigenvalue weighted by molar-refractivity contribution is 6.22. The minimum absolute atomic E-state index is 0.864. The first-order valence-corrected chi connectivity index (χ1v) is 22.7. The fraction of sp³-hybridized carbons (Fsp3) is 0. The second-order valence-electron chi connectivity index (χ2n) is 17.2. The molecule has 0 spiro atoms. The van der Waals surface area contributed by atoms with E-state index in [9.17, 15) is 0 Å². The van der Waals surface area contributed by atoms with E-state index < -0.39 is 0 Å². The van der Waals surface area contributed by atoms with Crippen molar-refractivity contribution in [1.82, 2.24) is 0 Å². The Bertz CT molecular complexity index is 3960. The van der Waals surface area contributed by atoms with Gasteiger partial charge in [-0.3, -0.25) is 0 Å². The predicted octanol–water partition coefficient (Wildman–Crippen LogP) is 18.3. The fourth-order valence-corrected chi connectivity index (χ4v) is 10.3. The van der Waals surface area contributed by atoms with Crippen LogP contribution in [0, 0.1) is 0 Å². The Balaban J connectivity index is 0.946. The van der Waals surface area contributed by atoms with Crippen LogP contribution in [0.15, 0.2) is 253 Å². The molecule has 1 aromatic heterocycles. The molecule has 66 heavy (non-hydrogen) atoms. The number of nitrogens with zero attached hydrogens (tertiary/aromatic N) is 1. The second kappa shape index (κ2) is 15.5. The van der Waals surface area contributed by atoms with Crippen molar-refractivity contribution >= 4 is 82.1 Å². The van der Waals surface area contributed by atoms with Crippen molar-refractivity contribution in [3.8, 4) is 44.5 Å². The summed E-state index contributed by atoms with van der Waals surface area (Å²) < 4.78 is 6.44. The maximum atomic E-state index is 6.44. The molecule has 0 radical (unpaired) electrons. The van der Waals surface area contributed by atoms with Crippen LogP contribution in [0.3, 0.4) is 0 Å². The van der Waals surface area contributed by atoms with Gasteiger partial charge < -0.3 is 9.32 Å². The molecule has 12 aromatic carbocycles. The zero-order valence-corrected chi connectivity index (χ0v) is 36.0. The number of para-hydroxylation sites is 1. The van der Waals surface area contributed by atoms with E-state index in [1.165, 1.54) is 82.0 Å². The predicted molar refractivity (Wildman–Crippen MR) is 280 cm³/mol. The molecular weight excluding hydrogens is 799 g/mol. The first-order valence-electron chi connectivity index (χ1n) is 22.7. The number of hydrogen-bond donors (Lipinski definition) is 0. The van der Waals surface area contributed by atoms with Gasteiger partial charge in [-0.25, -0.2) is 0 Å². The van der Waals surface area contributed by atoms with E-state index in [-0.39, 0.29) is 0 Å². The lowest BCUT2D eigenvalue weighted by Gasteiger charge is -2.26. The Morgan fingerprint density at radius 1 is 0.258 bits per heavy atom. The Morgan fingerprint density at radius 3 is 1.44 bits per heavy atom. The quantitative estimate of drug-likeness (QED) is 0.149. The summed E-state index contributed by atoms with van der Waals surface area (Å²) in [6, 6.07) is 90.2. The van der Waals surface area contributed by atoms with Crippen LogP contribution in [0.5, 0.6) is 0 Å².